The fraction of sp³-hybridized carbons (Fsp3) is 0.500. The molecule has 2 N–H and O–H groups in total. The van der Waals surface area contributed by atoms with Crippen molar-refractivity contribution >= 4 is 17.1 Å². The molecule has 0 aromatic carbocycles. The molecule has 13 heavy (non-hydrogen) atoms. The van der Waals surface area contributed by atoms with Gasteiger partial charge in [0.1, 0.15) is 5.78 Å². The van der Waals surface area contributed by atoms with E-state index in [0.717, 1.165) is 5.56 Å². The maximum atomic E-state index is 11.7. The van der Waals surface area contributed by atoms with Gasteiger partial charge in [0.2, 0.25) is 0 Å². The Hall–Kier alpha value is -0.670. The van der Waals surface area contributed by atoms with Gasteiger partial charge < -0.3 is 5.73 Å². The first-order valence-corrected chi connectivity index (χ1v) is 5.25. The monoisotopic (exact) mass is 197 g/mol. The minimum atomic E-state index is -0.387. The summed E-state index contributed by atoms with van der Waals surface area (Å²) in [7, 11) is 0. The average molecular weight is 197 g/mol. The smallest absolute Gasteiger partial charge is 0.144 e. The van der Waals surface area contributed by atoms with Gasteiger partial charge in [0.15, 0.2) is 0 Å². The van der Waals surface area contributed by atoms with Gasteiger partial charge in [-0.15, -0.1) is 0 Å². The number of nitrogens with two attached hydrogens (primary N) is 1. The Labute approximate surface area is 82.8 Å². The number of rotatable bonds is 4. The van der Waals surface area contributed by atoms with Crippen LogP contribution in [0.2, 0.25) is 0 Å². The minimum Gasteiger partial charge on any atom is -0.329 e. The summed E-state index contributed by atoms with van der Waals surface area (Å²) < 4.78 is 0. The van der Waals surface area contributed by atoms with E-state index in [1.165, 1.54) is 0 Å². The van der Waals surface area contributed by atoms with Crippen molar-refractivity contribution in [3.63, 3.8) is 0 Å². The van der Waals surface area contributed by atoms with Crippen molar-refractivity contribution in [3.05, 3.63) is 22.4 Å². The van der Waals surface area contributed by atoms with Gasteiger partial charge in [-0.25, -0.2) is 0 Å². The number of thiophene rings is 1. The van der Waals surface area contributed by atoms with E-state index in [4.69, 9.17) is 5.73 Å². The van der Waals surface area contributed by atoms with E-state index in [-0.39, 0.29) is 11.2 Å². The Morgan fingerprint density at radius 2 is 2.31 bits per heavy atom. The normalized spacial score (nSPS) is 11.6. The van der Waals surface area contributed by atoms with E-state index in [9.17, 15) is 4.79 Å². The molecule has 0 atom stereocenters. The largest absolute Gasteiger partial charge is 0.329 e. The van der Waals surface area contributed by atoms with Crippen molar-refractivity contribution in [1.29, 1.82) is 0 Å². The molecule has 1 aromatic heterocycles. The van der Waals surface area contributed by atoms with Crippen LogP contribution in [0.4, 0.5) is 0 Å². The number of carbonyl (C=O) groups is 1. The summed E-state index contributed by atoms with van der Waals surface area (Å²) in [6.45, 7) is 4.19. The number of ketones is 1. The number of hydrogen-bond donors (Lipinski definition) is 1. The van der Waals surface area contributed by atoms with Crippen LogP contribution in [0.1, 0.15) is 19.4 Å². The second-order valence-electron chi connectivity index (χ2n) is 3.82. The average Bonchev–Trinajstić information content (AvgIpc) is 2.57. The molecule has 0 aliphatic heterocycles. The third-order valence-corrected chi connectivity index (χ3v) is 2.94. The Morgan fingerprint density at radius 3 is 2.77 bits per heavy atom. The first-order chi connectivity index (χ1) is 6.06. The van der Waals surface area contributed by atoms with Crippen LogP contribution in [-0.2, 0) is 11.2 Å². The van der Waals surface area contributed by atoms with E-state index < -0.39 is 0 Å². The molecule has 2 nitrogen and oxygen atoms in total. The van der Waals surface area contributed by atoms with Crippen LogP contribution in [0.25, 0.3) is 0 Å². The van der Waals surface area contributed by atoms with Crippen molar-refractivity contribution in [1.82, 2.24) is 0 Å². The second-order valence-corrected chi connectivity index (χ2v) is 4.60. The van der Waals surface area contributed by atoms with Crippen molar-refractivity contribution < 1.29 is 4.79 Å². The maximum absolute atomic E-state index is 11.7. The van der Waals surface area contributed by atoms with Crippen molar-refractivity contribution in [2.45, 2.75) is 20.3 Å². The zero-order valence-electron chi connectivity index (χ0n) is 8.04. The molecule has 1 heterocycles. The molecule has 0 aliphatic rings. The van der Waals surface area contributed by atoms with Gasteiger partial charge in [-0.1, -0.05) is 13.8 Å². The third-order valence-electron chi connectivity index (χ3n) is 2.21. The highest BCUT2D eigenvalue weighted by atomic mass is 32.1. The predicted octanol–water partition coefficient (Wildman–Crippen LogP) is 1.84. The van der Waals surface area contributed by atoms with Gasteiger partial charge in [-0.3, -0.25) is 4.79 Å². The molecular formula is C10H15NOS. The lowest BCUT2D eigenvalue weighted by molar-refractivity contribution is -0.125. The Kier molecular flexibility index (Phi) is 3.22. The fourth-order valence-corrected chi connectivity index (χ4v) is 1.60. The van der Waals surface area contributed by atoms with E-state index in [0.29, 0.717) is 13.0 Å². The molecule has 0 fully saturated rings. The van der Waals surface area contributed by atoms with Gasteiger partial charge in [0.05, 0.1) is 0 Å². The Balaban J connectivity index is 2.61. The number of hydrogen-bond acceptors (Lipinski definition) is 3. The summed E-state index contributed by atoms with van der Waals surface area (Å²) in [5.41, 5.74) is 6.22. The molecule has 0 spiro atoms. The molecule has 0 unspecified atom stereocenters. The van der Waals surface area contributed by atoms with Crippen LogP contribution in [0.3, 0.4) is 0 Å². The molecule has 1 rings (SSSR count). The quantitative estimate of drug-likeness (QED) is 0.800. The van der Waals surface area contributed by atoms with Crippen molar-refractivity contribution in [2.24, 2.45) is 11.1 Å². The minimum absolute atomic E-state index is 0.216. The van der Waals surface area contributed by atoms with Crippen LogP contribution in [0.15, 0.2) is 16.8 Å². The van der Waals surface area contributed by atoms with Gasteiger partial charge in [0.25, 0.3) is 0 Å². The summed E-state index contributed by atoms with van der Waals surface area (Å²) in [6, 6.07) is 1.98. The summed E-state index contributed by atoms with van der Waals surface area (Å²) in [5, 5.41) is 3.99. The topological polar surface area (TPSA) is 43.1 Å². The highest BCUT2D eigenvalue weighted by molar-refractivity contribution is 7.07. The number of Topliss-reactive ketones (excluding diaryl/α,β-unsaturated/α-hetero) is 1. The zero-order valence-corrected chi connectivity index (χ0v) is 8.86. The van der Waals surface area contributed by atoms with Gasteiger partial charge in [0, 0.05) is 18.4 Å². The SMILES string of the molecule is CC(C)(CN)C(=O)Cc1ccsc1. The first kappa shape index (κ1) is 10.4. The molecular weight excluding hydrogens is 182 g/mol. The third kappa shape index (κ3) is 2.64. The lowest BCUT2D eigenvalue weighted by atomic mass is 9.85. The van der Waals surface area contributed by atoms with E-state index in [2.05, 4.69) is 0 Å². The Morgan fingerprint density at radius 1 is 1.62 bits per heavy atom. The van der Waals surface area contributed by atoms with Crippen molar-refractivity contribution in [3.8, 4) is 0 Å². The summed E-state index contributed by atoms with van der Waals surface area (Å²) in [6.07, 6.45) is 0.508. The summed E-state index contributed by atoms with van der Waals surface area (Å²) in [4.78, 5) is 11.7. The molecule has 0 amide bonds. The first-order valence-electron chi connectivity index (χ1n) is 4.31. The van der Waals surface area contributed by atoms with Crippen molar-refractivity contribution in [2.75, 3.05) is 6.54 Å². The predicted molar refractivity (Wildman–Crippen MR) is 55.9 cm³/mol. The lowest BCUT2D eigenvalue weighted by Crippen LogP contribution is -2.33. The molecule has 72 valence electrons. The van der Waals surface area contributed by atoms with E-state index in [1.807, 2.05) is 30.7 Å². The number of carbonyl (C=O) groups excluding carboxylic acids is 1. The van der Waals surface area contributed by atoms with Crippen LogP contribution in [0.5, 0.6) is 0 Å². The fourth-order valence-electron chi connectivity index (χ4n) is 0.932. The Bertz CT molecular complexity index is 277. The van der Waals surface area contributed by atoms with Crippen LogP contribution >= 0.6 is 11.3 Å². The molecule has 0 saturated carbocycles. The van der Waals surface area contributed by atoms with E-state index >= 15 is 0 Å². The van der Waals surface area contributed by atoms with Gasteiger partial charge >= 0.3 is 0 Å². The highest BCUT2D eigenvalue weighted by Crippen LogP contribution is 2.18. The van der Waals surface area contributed by atoms with E-state index in [1.54, 1.807) is 11.3 Å². The molecule has 1 aromatic rings. The van der Waals surface area contributed by atoms with Crippen LogP contribution in [-0.4, -0.2) is 12.3 Å². The van der Waals surface area contributed by atoms with Gasteiger partial charge in [-0.2, -0.15) is 11.3 Å². The molecule has 3 heteroatoms. The summed E-state index contributed by atoms with van der Waals surface area (Å²) in [5.74, 6) is 0.216. The van der Waals surface area contributed by atoms with Crippen LogP contribution in [0, 0.1) is 5.41 Å². The van der Waals surface area contributed by atoms with Crippen LogP contribution < -0.4 is 5.73 Å². The lowest BCUT2D eigenvalue weighted by Gasteiger charge is -2.19. The molecule has 0 bridgehead atoms. The zero-order chi connectivity index (χ0) is 9.90. The maximum Gasteiger partial charge on any atom is 0.144 e. The summed E-state index contributed by atoms with van der Waals surface area (Å²) >= 11 is 1.62. The molecule has 0 saturated heterocycles. The second kappa shape index (κ2) is 4.03. The van der Waals surface area contributed by atoms with Gasteiger partial charge in [-0.05, 0) is 22.4 Å². The standard InChI is InChI=1S/C10H15NOS/c1-10(2,7-11)9(12)5-8-3-4-13-6-8/h3-4,6H,5,7,11H2,1-2H3. The molecule has 0 aliphatic carbocycles. The molecule has 0 radical (unpaired) electrons. The highest BCUT2D eigenvalue weighted by Gasteiger charge is 2.25.